The zero-order valence-corrected chi connectivity index (χ0v) is 11.5. The Balaban J connectivity index is 2.16. The Kier molecular flexibility index (Phi) is 3.15. The number of hydrogen-bond acceptors (Lipinski definition) is 5. The number of rotatable bonds is 3. The summed E-state index contributed by atoms with van der Waals surface area (Å²) in [6.07, 6.45) is 1.36. The minimum Gasteiger partial charge on any atom is -0.494 e. The first-order valence-corrected chi connectivity index (χ1v) is 6.46. The van der Waals surface area contributed by atoms with Crippen LogP contribution in [-0.2, 0) is 0 Å². The van der Waals surface area contributed by atoms with Gasteiger partial charge in [0.1, 0.15) is 17.6 Å². The SMILES string of the molecule is CCOc1ccc(-n2c(N)nc3ncnc(Cl)c32)cc1. The predicted molar refractivity (Wildman–Crippen MR) is 77.3 cm³/mol. The molecule has 0 saturated carbocycles. The molecule has 102 valence electrons. The summed E-state index contributed by atoms with van der Waals surface area (Å²) in [5.74, 6) is 1.10. The lowest BCUT2D eigenvalue weighted by Gasteiger charge is -2.08. The molecular formula is C13H12ClN5O. The average Bonchev–Trinajstić information content (AvgIpc) is 2.78. The third kappa shape index (κ3) is 2.04. The van der Waals surface area contributed by atoms with E-state index in [-0.39, 0.29) is 0 Å². The Morgan fingerprint density at radius 3 is 2.70 bits per heavy atom. The lowest BCUT2D eigenvalue weighted by molar-refractivity contribution is 0.340. The summed E-state index contributed by atoms with van der Waals surface area (Å²) >= 11 is 6.11. The molecule has 3 rings (SSSR count). The molecule has 0 aliphatic heterocycles. The van der Waals surface area contributed by atoms with Crippen LogP contribution in [-0.4, -0.2) is 26.1 Å². The fraction of sp³-hybridized carbons (Fsp3) is 0.154. The van der Waals surface area contributed by atoms with Crippen molar-refractivity contribution in [1.29, 1.82) is 0 Å². The highest BCUT2D eigenvalue weighted by Gasteiger charge is 2.14. The van der Waals surface area contributed by atoms with Crippen molar-refractivity contribution in [2.45, 2.75) is 6.92 Å². The van der Waals surface area contributed by atoms with Gasteiger partial charge in [-0.15, -0.1) is 0 Å². The van der Waals surface area contributed by atoms with Gasteiger partial charge in [-0.05, 0) is 31.2 Å². The second-order valence-electron chi connectivity index (χ2n) is 4.07. The van der Waals surface area contributed by atoms with Gasteiger partial charge in [0.2, 0.25) is 5.95 Å². The lowest BCUT2D eigenvalue weighted by Crippen LogP contribution is -2.01. The molecule has 20 heavy (non-hydrogen) atoms. The van der Waals surface area contributed by atoms with Crippen LogP contribution in [0.15, 0.2) is 30.6 Å². The lowest BCUT2D eigenvalue weighted by atomic mass is 10.3. The summed E-state index contributed by atoms with van der Waals surface area (Å²) in [5.41, 5.74) is 7.83. The third-order valence-electron chi connectivity index (χ3n) is 2.84. The Hall–Kier alpha value is -2.34. The monoisotopic (exact) mass is 289 g/mol. The molecule has 2 heterocycles. The van der Waals surface area contributed by atoms with Gasteiger partial charge in [-0.25, -0.2) is 9.97 Å². The second kappa shape index (κ2) is 4.97. The average molecular weight is 290 g/mol. The minimum absolute atomic E-state index is 0.312. The smallest absolute Gasteiger partial charge is 0.207 e. The summed E-state index contributed by atoms with van der Waals surface area (Å²) in [6, 6.07) is 7.49. The number of benzene rings is 1. The van der Waals surface area contributed by atoms with Crippen LogP contribution < -0.4 is 10.5 Å². The molecule has 0 unspecified atom stereocenters. The van der Waals surface area contributed by atoms with E-state index < -0.39 is 0 Å². The summed E-state index contributed by atoms with van der Waals surface area (Å²) in [6.45, 7) is 2.56. The van der Waals surface area contributed by atoms with E-state index >= 15 is 0 Å². The number of hydrogen-bond donors (Lipinski definition) is 1. The van der Waals surface area contributed by atoms with Crippen molar-refractivity contribution in [3.8, 4) is 11.4 Å². The number of imidazole rings is 1. The number of anilines is 1. The number of aromatic nitrogens is 4. The highest BCUT2D eigenvalue weighted by atomic mass is 35.5. The second-order valence-corrected chi connectivity index (χ2v) is 4.43. The number of nitrogens with two attached hydrogens (primary N) is 1. The summed E-state index contributed by atoms with van der Waals surface area (Å²) in [7, 11) is 0. The van der Waals surface area contributed by atoms with Gasteiger partial charge < -0.3 is 10.5 Å². The molecule has 2 aromatic heterocycles. The zero-order chi connectivity index (χ0) is 14.1. The molecule has 0 amide bonds. The Bertz CT molecular complexity index is 753. The first-order chi connectivity index (χ1) is 9.70. The van der Waals surface area contributed by atoms with E-state index in [1.165, 1.54) is 6.33 Å². The molecule has 0 spiro atoms. The van der Waals surface area contributed by atoms with Crippen molar-refractivity contribution < 1.29 is 4.74 Å². The Morgan fingerprint density at radius 2 is 2.00 bits per heavy atom. The molecule has 0 atom stereocenters. The third-order valence-corrected chi connectivity index (χ3v) is 3.11. The normalized spacial score (nSPS) is 10.9. The van der Waals surface area contributed by atoms with Gasteiger partial charge >= 0.3 is 0 Å². The van der Waals surface area contributed by atoms with Crippen LogP contribution in [0.2, 0.25) is 5.15 Å². The van der Waals surface area contributed by atoms with E-state index in [1.54, 1.807) is 4.57 Å². The van der Waals surface area contributed by atoms with Crippen molar-refractivity contribution in [3.05, 3.63) is 35.7 Å². The fourth-order valence-electron chi connectivity index (χ4n) is 2.02. The van der Waals surface area contributed by atoms with Gasteiger partial charge in [0, 0.05) is 5.69 Å². The number of nitrogens with zero attached hydrogens (tertiary/aromatic N) is 4. The number of fused-ring (bicyclic) bond motifs is 1. The van der Waals surface area contributed by atoms with Gasteiger partial charge in [0.25, 0.3) is 0 Å². The Labute approximate surface area is 120 Å². The Morgan fingerprint density at radius 1 is 1.25 bits per heavy atom. The van der Waals surface area contributed by atoms with Gasteiger partial charge in [-0.1, -0.05) is 11.6 Å². The van der Waals surface area contributed by atoms with Crippen molar-refractivity contribution in [1.82, 2.24) is 19.5 Å². The van der Waals surface area contributed by atoms with Crippen LogP contribution in [0.5, 0.6) is 5.75 Å². The highest BCUT2D eigenvalue weighted by molar-refractivity contribution is 6.33. The van der Waals surface area contributed by atoms with E-state index in [0.29, 0.717) is 28.9 Å². The standard InChI is InChI=1S/C13H12ClN5O/c1-2-20-9-5-3-8(4-6-9)19-10-11(14)16-7-17-12(10)18-13(19)15/h3-7H,2H2,1H3,(H2,15,16,17,18). The molecule has 0 fully saturated rings. The largest absolute Gasteiger partial charge is 0.494 e. The van der Waals surface area contributed by atoms with Crippen LogP contribution in [0.25, 0.3) is 16.9 Å². The van der Waals surface area contributed by atoms with Crippen molar-refractivity contribution in [2.24, 2.45) is 0 Å². The molecule has 1 aromatic carbocycles. The molecule has 2 N–H and O–H groups in total. The maximum atomic E-state index is 6.11. The molecule has 7 heteroatoms. The van der Waals surface area contributed by atoms with Crippen LogP contribution in [0.4, 0.5) is 5.95 Å². The van der Waals surface area contributed by atoms with E-state index in [2.05, 4.69) is 15.0 Å². The quantitative estimate of drug-likeness (QED) is 0.749. The fourth-order valence-corrected chi connectivity index (χ4v) is 2.23. The molecule has 0 bridgehead atoms. The van der Waals surface area contributed by atoms with Crippen LogP contribution >= 0.6 is 11.6 Å². The van der Waals surface area contributed by atoms with Gasteiger partial charge in [0.05, 0.1) is 6.61 Å². The van der Waals surface area contributed by atoms with Crippen molar-refractivity contribution >= 4 is 28.7 Å². The van der Waals surface area contributed by atoms with Crippen molar-refractivity contribution in [3.63, 3.8) is 0 Å². The predicted octanol–water partition coefficient (Wildman–Crippen LogP) is 2.45. The maximum Gasteiger partial charge on any atom is 0.207 e. The van der Waals surface area contributed by atoms with Gasteiger partial charge in [-0.3, -0.25) is 4.57 Å². The van der Waals surface area contributed by atoms with Gasteiger partial charge in [0.15, 0.2) is 10.8 Å². The molecule has 0 aliphatic carbocycles. The first-order valence-electron chi connectivity index (χ1n) is 6.08. The van der Waals surface area contributed by atoms with Crippen LogP contribution in [0, 0.1) is 0 Å². The molecular weight excluding hydrogens is 278 g/mol. The summed E-state index contributed by atoms with van der Waals surface area (Å²) < 4.78 is 7.13. The number of nitrogen functional groups attached to an aromatic ring is 1. The van der Waals surface area contributed by atoms with E-state index in [4.69, 9.17) is 22.1 Å². The zero-order valence-electron chi connectivity index (χ0n) is 10.7. The van der Waals surface area contributed by atoms with E-state index in [0.717, 1.165) is 11.4 Å². The number of halogens is 1. The van der Waals surface area contributed by atoms with Crippen LogP contribution in [0.1, 0.15) is 6.92 Å². The molecule has 6 nitrogen and oxygen atoms in total. The maximum absolute atomic E-state index is 6.11. The first kappa shape index (κ1) is 12.7. The van der Waals surface area contributed by atoms with Crippen LogP contribution in [0.3, 0.4) is 0 Å². The highest BCUT2D eigenvalue weighted by Crippen LogP contribution is 2.27. The topological polar surface area (TPSA) is 78.9 Å². The molecule has 0 saturated heterocycles. The summed E-state index contributed by atoms with van der Waals surface area (Å²) in [5, 5.41) is 0.313. The summed E-state index contributed by atoms with van der Waals surface area (Å²) in [4.78, 5) is 12.2. The number of ether oxygens (including phenoxy) is 1. The van der Waals surface area contributed by atoms with E-state index in [9.17, 15) is 0 Å². The molecule has 0 radical (unpaired) electrons. The van der Waals surface area contributed by atoms with Gasteiger partial charge in [-0.2, -0.15) is 4.98 Å². The van der Waals surface area contributed by atoms with Crippen molar-refractivity contribution in [2.75, 3.05) is 12.3 Å². The molecule has 3 aromatic rings. The molecule has 0 aliphatic rings. The van der Waals surface area contributed by atoms with E-state index in [1.807, 2.05) is 31.2 Å². The minimum atomic E-state index is 0.312.